The molecule has 132 valence electrons. The van der Waals surface area contributed by atoms with E-state index in [1.165, 1.54) is 12.2 Å². The number of rotatable bonds is 6. The molecule has 0 aliphatic heterocycles. The lowest BCUT2D eigenvalue weighted by atomic mass is 10.2. The molecule has 0 aliphatic rings. The van der Waals surface area contributed by atoms with Gasteiger partial charge in [0.1, 0.15) is 0 Å². The average Bonchev–Trinajstić information content (AvgIpc) is 2.53. The number of hydrogen-bond acceptors (Lipinski definition) is 4. The van der Waals surface area contributed by atoms with Crippen molar-refractivity contribution in [2.24, 2.45) is 0 Å². The molecule has 2 rings (SSSR count). The quantitative estimate of drug-likeness (QED) is 0.772. The Balaban J connectivity index is 2.09. The molecule has 0 radical (unpaired) electrons. The van der Waals surface area contributed by atoms with E-state index >= 15 is 0 Å². The van der Waals surface area contributed by atoms with Crippen LogP contribution in [-0.2, 0) is 20.0 Å². The highest BCUT2D eigenvalue weighted by Crippen LogP contribution is 2.12. The molecule has 0 amide bonds. The van der Waals surface area contributed by atoms with Crippen molar-refractivity contribution in [2.75, 3.05) is 0 Å². The maximum Gasteiger partial charge on any atom is 0.246 e. The summed E-state index contributed by atoms with van der Waals surface area (Å²) in [6.45, 7) is 0. The summed E-state index contributed by atoms with van der Waals surface area (Å²) in [7, 11) is -8.37. The van der Waals surface area contributed by atoms with Crippen LogP contribution in [0.3, 0.4) is 0 Å². The molecule has 0 aliphatic carbocycles. The number of sulfonamides is 2. The zero-order valence-electron chi connectivity index (χ0n) is 12.6. The molecular formula is C16H13Cl2NO4S2. The van der Waals surface area contributed by atoms with E-state index in [2.05, 4.69) is 0 Å². The molecule has 0 unspecified atom stereocenters. The first-order valence-electron chi connectivity index (χ1n) is 6.81. The van der Waals surface area contributed by atoms with Crippen LogP contribution in [-0.4, -0.2) is 16.8 Å². The van der Waals surface area contributed by atoms with Crippen LogP contribution in [0.15, 0.2) is 59.3 Å². The predicted octanol–water partition coefficient (Wildman–Crippen LogP) is 3.88. The van der Waals surface area contributed by atoms with Crippen LogP contribution in [0.2, 0.25) is 10.0 Å². The maximum absolute atomic E-state index is 11.9. The molecule has 0 bridgehead atoms. The van der Waals surface area contributed by atoms with Gasteiger partial charge in [-0.3, -0.25) is 0 Å². The first-order chi connectivity index (χ1) is 11.7. The van der Waals surface area contributed by atoms with Gasteiger partial charge in [0.15, 0.2) is 0 Å². The fourth-order valence-corrected chi connectivity index (χ4v) is 4.37. The monoisotopic (exact) mass is 417 g/mol. The van der Waals surface area contributed by atoms with Gasteiger partial charge in [-0.2, -0.15) is 0 Å². The summed E-state index contributed by atoms with van der Waals surface area (Å²) in [5.41, 5.74) is 1.12. The van der Waals surface area contributed by atoms with Crippen LogP contribution in [0.5, 0.6) is 0 Å². The Bertz CT molecular complexity index is 912. The Hall–Kier alpha value is -1.64. The molecule has 0 heterocycles. The predicted molar refractivity (Wildman–Crippen MR) is 102 cm³/mol. The minimum absolute atomic E-state index is 0.507. The molecule has 25 heavy (non-hydrogen) atoms. The molecule has 0 saturated heterocycles. The Morgan fingerprint density at radius 2 is 0.960 bits per heavy atom. The largest absolute Gasteiger partial charge is 0.246 e. The third-order valence-corrected chi connectivity index (χ3v) is 6.20. The van der Waals surface area contributed by atoms with E-state index in [9.17, 15) is 16.8 Å². The van der Waals surface area contributed by atoms with Gasteiger partial charge in [-0.05, 0) is 47.5 Å². The molecule has 2 aromatic rings. The van der Waals surface area contributed by atoms with Crippen molar-refractivity contribution in [3.05, 3.63) is 80.5 Å². The van der Waals surface area contributed by atoms with Gasteiger partial charge >= 0.3 is 0 Å². The normalized spacial score (nSPS) is 12.9. The van der Waals surface area contributed by atoms with Crippen molar-refractivity contribution in [3.8, 4) is 0 Å². The summed E-state index contributed by atoms with van der Waals surface area (Å²) in [5, 5.41) is 2.55. The van der Waals surface area contributed by atoms with E-state index in [1.807, 2.05) is 0 Å². The molecule has 5 nitrogen and oxygen atoms in total. The Morgan fingerprint density at radius 3 is 1.28 bits per heavy atom. The van der Waals surface area contributed by atoms with Crippen molar-refractivity contribution >= 4 is 55.4 Å². The summed E-state index contributed by atoms with van der Waals surface area (Å²) in [6.07, 6.45) is 2.52. The summed E-state index contributed by atoms with van der Waals surface area (Å²) >= 11 is 11.5. The lowest BCUT2D eigenvalue weighted by Gasteiger charge is -2.01. The number of halogens is 2. The lowest BCUT2D eigenvalue weighted by Crippen LogP contribution is -2.26. The first kappa shape index (κ1) is 19.7. The smallest absolute Gasteiger partial charge is 0.207 e. The van der Waals surface area contributed by atoms with E-state index in [0.29, 0.717) is 21.2 Å². The topological polar surface area (TPSA) is 80.3 Å². The minimum atomic E-state index is -4.18. The maximum atomic E-state index is 11.9. The van der Waals surface area contributed by atoms with Crippen molar-refractivity contribution in [1.82, 2.24) is 4.13 Å². The van der Waals surface area contributed by atoms with Crippen LogP contribution < -0.4 is 4.13 Å². The number of hydrogen-bond donors (Lipinski definition) is 1. The molecular weight excluding hydrogens is 405 g/mol. The molecule has 0 aromatic heterocycles. The molecule has 0 spiro atoms. The van der Waals surface area contributed by atoms with Gasteiger partial charge in [-0.25, -0.2) is 16.8 Å². The van der Waals surface area contributed by atoms with Crippen molar-refractivity contribution < 1.29 is 16.8 Å². The van der Waals surface area contributed by atoms with Gasteiger partial charge in [-0.1, -0.05) is 47.5 Å². The summed E-state index contributed by atoms with van der Waals surface area (Å²) in [4.78, 5) is 0. The van der Waals surface area contributed by atoms with E-state index in [1.54, 1.807) is 52.7 Å². The van der Waals surface area contributed by atoms with Gasteiger partial charge in [-0.15, -0.1) is 4.13 Å². The zero-order chi connectivity index (χ0) is 18.5. The second-order valence-corrected chi connectivity index (χ2v) is 9.15. The third kappa shape index (κ3) is 7.01. The van der Waals surface area contributed by atoms with E-state index in [-0.39, 0.29) is 0 Å². The van der Waals surface area contributed by atoms with Crippen molar-refractivity contribution in [3.63, 3.8) is 0 Å². The summed E-state index contributed by atoms with van der Waals surface area (Å²) in [5.74, 6) is 0. The second kappa shape index (κ2) is 8.16. The van der Waals surface area contributed by atoms with Crippen molar-refractivity contribution in [1.29, 1.82) is 0 Å². The Labute approximate surface area is 156 Å². The van der Waals surface area contributed by atoms with Gasteiger partial charge in [0.2, 0.25) is 20.0 Å². The molecule has 2 aromatic carbocycles. The first-order valence-corrected chi connectivity index (χ1v) is 10.7. The minimum Gasteiger partial charge on any atom is -0.207 e. The fourth-order valence-electron chi connectivity index (χ4n) is 1.70. The van der Waals surface area contributed by atoms with Gasteiger partial charge < -0.3 is 0 Å². The summed E-state index contributed by atoms with van der Waals surface area (Å²) < 4.78 is 49.2. The number of nitrogens with one attached hydrogen (secondary N) is 1. The lowest BCUT2D eigenvalue weighted by molar-refractivity contribution is 0.587. The molecule has 1 N–H and O–H groups in total. The van der Waals surface area contributed by atoms with Crippen LogP contribution in [0, 0.1) is 0 Å². The average molecular weight is 418 g/mol. The molecule has 0 saturated carbocycles. The van der Waals surface area contributed by atoms with Crippen LogP contribution in [0.1, 0.15) is 11.1 Å². The molecule has 0 fully saturated rings. The number of benzene rings is 2. The summed E-state index contributed by atoms with van der Waals surface area (Å²) in [6, 6.07) is 12.8. The van der Waals surface area contributed by atoms with Crippen molar-refractivity contribution in [2.45, 2.75) is 0 Å². The van der Waals surface area contributed by atoms with E-state index in [4.69, 9.17) is 23.2 Å². The van der Waals surface area contributed by atoms with Crippen LogP contribution in [0.25, 0.3) is 12.2 Å². The zero-order valence-corrected chi connectivity index (χ0v) is 15.8. The highest BCUT2D eigenvalue weighted by Gasteiger charge is 2.15. The van der Waals surface area contributed by atoms with Gasteiger partial charge in [0.05, 0.1) is 0 Å². The fraction of sp³-hybridized carbons (Fsp3) is 0. The van der Waals surface area contributed by atoms with Crippen LogP contribution in [0.4, 0.5) is 0 Å². The van der Waals surface area contributed by atoms with Gasteiger partial charge in [0.25, 0.3) is 0 Å². The van der Waals surface area contributed by atoms with Gasteiger partial charge in [0, 0.05) is 20.9 Å². The molecule has 0 atom stereocenters. The van der Waals surface area contributed by atoms with E-state index < -0.39 is 20.0 Å². The second-order valence-electron chi connectivity index (χ2n) is 4.88. The SMILES string of the molecule is O=S(=O)(/C=C\c1ccc(Cl)cc1)NS(=O)(=O)/C=C/c1ccc(Cl)cc1. The highest BCUT2D eigenvalue weighted by molar-refractivity contribution is 8.07. The molecule has 9 heteroatoms. The van der Waals surface area contributed by atoms with E-state index in [0.717, 1.165) is 10.8 Å². The Morgan fingerprint density at radius 1 is 0.640 bits per heavy atom. The highest BCUT2D eigenvalue weighted by atomic mass is 35.5. The Kier molecular flexibility index (Phi) is 6.42. The van der Waals surface area contributed by atoms with Crippen LogP contribution >= 0.6 is 23.2 Å². The third-order valence-electron chi connectivity index (χ3n) is 2.85. The standard InChI is InChI=1S/C16H13Cl2NO4S2/c17-15-5-1-13(2-6-15)9-11-24(20,21)19-25(22,23)12-10-14-3-7-16(18)8-4-14/h1-12,19H/b11-9-,12-10+.